The van der Waals surface area contributed by atoms with E-state index in [0.717, 1.165) is 31.6 Å². The van der Waals surface area contributed by atoms with Crippen LogP contribution in [0.2, 0.25) is 0 Å². The molecule has 0 bridgehead atoms. The highest BCUT2D eigenvalue weighted by molar-refractivity contribution is 5.81. The zero-order valence-corrected chi connectivity index (χ0v) is 15.5. The first-order valence-corrected chi connectivity index (χ1v) is 9.03. The first-order chi connectivity index (χ1) is 12.7. The molecule has 0 saturated heterocycles. The topological polar surface area (TPSA) is 83.3 Å². The Balaban J connectivity index is 1.68. The third kappa shape index (κ3) is 6.58. The predicted molar refractivity (Wildman–Crippen MR) is 105 cm³/mol. The number of hydrogen-bond donors (Lipinski definition) is 3. The lowest BCUT2D eigenvalue weighted by Crippen LogP contribution is -2.40. The molecule has 0 aliphatic rings. The summed E-state index contributed by atoms with van der Waals surface area (Å²) in [6.45, 7) is 4.09. The van der Waals surface area contributed by atoms with E-state index in [1.54, 1.807) is 13.2 Å². The van der Waals surface area contributed by atoms with Crippen LogP contribution in [-0.4, -0.2) is 48.3 Å². The van der Waals surface area contributed by atoms with E-state index in [0.29, 0.717) is 18.9 Å². The Morgan fingerprint density at radius 3 is 2.54 bits per heavy atom. The number of nitrogens with one attached hydrogen (secondary N) is 3. The summed E-state index contributed by atoms with van der Waals surface area (Å²) in [6, 6.07) is 10.2. The monoisotopic (exact) mass is 356 g/mol. The van der Waals surface area contributed by atoms with Crippen LogP contribution in [0.3, 0.4) is 0 Å². The van der Waals surface area contributed by atoms with Crippen molar-refractivity contribution in [2.24, 2.45) is 4.99 Å². The van der Waals surface area contributed by atoms with Crippen molar-refractivity contribution in [3.63, 3.8) is 0 Å². The van der Waals surface area contributed by atoms with Gasteiger partial charge >= 0.3 is 0 Å². The van der Waals surface area contributed by atoms with Gasteiger partial charge in [-0.05, 0) is 36.6 Å². The number of nitrogens with zero attached hydrogens (tertiary/aromatic N) is 3. The fourth-order valence-corrected chi connectivity index (χ4v) is 2.43. The molecule has 26 heavy (non-hydrogen) atoms. The van der Waals surface area contributed by atoms with E-state index < -0.39 is 0 Å². The van der Waals surface area contributed by atoms with Gasteiger partial charge in [0.1, 0.15) is 0 Å². The molecule has 0 fully saturated rings. The fourth-order valence-electron chi connectivity index (χ4n) is 2.43. The highest BCUT2D eigenvalue weighted by Crippen LogP contribution is 2.08. The minimum absolute atomic E-state index is 0.0621. The zero-order valence-electron chi connectivity index (χ0n) is 15.5. The van der Waals surface area contributed by atoms with Gasteiger partial charge in [0.2, 0.25) is 5.91 Å². The summed E-state index contributed by atoms with van der Waals surface area (Å²) >= 11 is 0. The van der Waals surface area contributed by atoms with Crippen LogP contribution in [0.25, 0.3) is 5.69 Å². The smallest absolute Gasteiger partial charge is 0.221 e. The fraction of sp³-hybridized carbons (Fsp3) is 0.421. The van der Waals surface area contributed by atoms with Gasteiger partial charge in [0.05, 0.1) is 5.69 Å². The van der Waals surface area contributed by atoms with Crippen molar-refractivity contribution < 1.29 is 4.79 Å². The molecule has 1 aromatic carbocycles. The first-order valence-electron chi connectivity index (χ1n) is 9.03. The molecule has 1 heterocycles. The average molecular weight is 356 g/mol. The van der Waals surface area contributed by atoms with Crippen LogP contribution in [0.4, 0.5) is 0 Å². The van der Waals surface area contributed by atoms with Crippen LogP contribution in [0.15, 0.2) is 47.7 Å². The van der Waals surface area contributed by atoms with E-state index >= 15 is 0 Å². The van der Waals surface area contributed by atoms with Crippen LogP contribution in [0.5, 0.6) is 0 Å². The molecule has 1 aromatic heterocycles. The summed E-state index contributed by atoms with van der Waals surface area (Å²) < 4.78 is 1.84. The Morgan fingerprint density at radius 1 is 1.12 bits per heavy atom. The Morgan fingerprint density at radius 2 is 1.88 bits per heavy atom. The third-order valence-electron chi connectivity index (χ3n) is 3.85. The summed E-state index contributed by atoms with van der Waals surface area (Å²) in [5.74, 6) is 0.772. The van der Waals surface area contributed by atoms with Crippen molar-refractivity contribution in [1.82, 2.24) is 25.7 Å². The second-order valence-corrected chi connectivity index (χ2v) is 5.89. The van der Waals surface area contributed by atoms with Gasteiger partial charge in [0.25, 0.3) is 0 Å². The van der Waals surface area contributed by atoms with E-state index in [-0.39, 0.29) is 5.91 Å². The molecule has 1 amide bonds. The number of carbonyl (C=O) groups excluding carboxylic acids is 1. The Bertz CT molecular complexity index is 679. The predicted octanol–water partition coefficient (Wildman–Crippen LogP) is 1.50. The standard InChI is InChI=1S/C19H28N6O/c1-3-11-21-18(26)10-14-23-19(20-2)22-13-9-16-5-7-17(8-6-16)25-15-4-12-24-25/h4-8,12,15H,3,9-11,13-14H2,1-2H3,(H,21,26)(H2,20,22,23). The van der Waals surface area contributed by atoms with Crippen molar-refractivity contribution in [2.45, 2.75) is 26.2 Å². The average Bonchev–Trinajstić information content (AvgIpc) is 3.20. The minimum Gasteiger partial charge on any atom is -0.356 e. The molecule has 7 nitrogen and oxygen atoms in total. The molecule has 140 valence electrons. The van der Waals surface area contributed by atoms with Gasteiger partial charge in [-0.25, -0.2) is 4.68 Å². The van der Waals surface area contributed by atoms with E-state index in [2.05, 4.69) is 50.3 Å². The van der Waals surface area contributed by atoms with E-state index in [9.17, 15) is 4.79 Å². The maximum Gasteiger partial charge on any atom is 0.221 e. The third-order valence-corrected chi connectivity index (χ3v) is 3.85. The largest absolute Gasteiger partial charge is 0.356 e. The van der Waals surface area contributed by atoms with Crippen molar-refractivity contribution in [3.8, 4) is 5.69 Å². The normalized spacial score (nSPS) is 11.2. The molecular formula is C19H28N6O. The Labute approximate surface area is 154 Å². The highest BCUT2D eigenvalue weighted by Gasteiger charge is 2.02. The Kier molecular flexibility index (Phi) is 8.18. The van der Waals surface area contributed by atoms with Crippen LogP contribution >= 0.6 is 0 Å². The van der Waals surface area contributed by atoms with Gasteiger partial charge in [-0.2, -0.15) is 5.10 Å². The van der Waals surface area contributed by atoms with Gasteiger partial charge in [-0.1, -0.05) is 19.1 Å². The van der Waals surface area contributed by atoms with Crippen LogP contribution in [0.1, 0.15) is 25.3 Å². The molecule has 0 aliphatic heterocycles. The quantitative estimate of drug-likeness (QED) is 0.470. The number of amides is 1. The van der Waals surface area contributed by atoms with E-state index in [4.69, 9.17) is 0 Å². The number of rotatable bonds is 9. The van der Waals surface area contributed by atoms with Crippen molar-refractivity contribution >= 4 is 11.9 Å². The van der Waals surface area contributed by atoms with Crippen molar-refractivity contribution in [2.75, 3.05) is 26.7 Å². The minimum atomic E-state index is 0.0621. The van der Waals surface area contributed by atoms with Crippen LogP contribution < -0.4 is 16.0 Å². The molecule has 3 N–H and O–H groups in total. The van der Waals surface area contributed by atoms with Gasteiger partial charge in [-0.3, -0.25) is 9.79 Å². The molecule has 0 unspecified atom stereocenters. The maximum absolute atomic E-state index is 11.6. The molecule has 7 heteroatoms. The molecule has 0 radical (unpaired) electrons. The maximum atomic E-state index is 11.6. The second-order valence-electron chi connectivity index (χ2n) is 5.89. The summed E-state index contributed by atoms with van der Waals surface area (Å²) in [5.41, 5.74) is 2.29. The molecule has 2 aromatic rings. The highest BCUT2D eigenvalue weighted by atomic mass is 16.1. The number of carbonyl (C=O) groups is 1. The molecule has 0 spiro atoms. The van der Waals surface area contributed by atoms with Crippen molar-refractivity contribution in [3.05, 3.63) is 48.3 Å². The number of hydrogen-bond acceptors (Lipinski definition) is 3. The van der Waals surface area contributed by atoms with Gasteiger partial charge in [0, 0.05) is 45.5 Å². The summed E-state index contributed by atoms with van der Waals surface area (Å²) in [7, 11) is 1.73. The van der Waals surface area contributed by atoms with E-state index in [1.165, 1.54) is 5.56 Å². The Hall–Kier alpha value is -2.83. The summed E-state index contributed by atoms with van der Waals surface area (Å²) in [4.78, 5) is 15.7. The summed E-state index contributed by atoms with van der Waals surface area (Å²) in [5, 5.41) is 13.5. The molecule has 0 saturated carbocycles. The van der Waals surface area contributed by atoms with Crippen LogP contribution in [-0.2, 0) is 11.2 Å². The van der Waals surface area contributed by atoms with Gasteiger partial charge in [0.15, 0.2) is 5.96 Å². The van der Waals surface area contributed by atoms with Gasteiger partial charge < -0.3 is 16.0 Å². The lowest BCUT2D eigenvalue weighted by molar-refractivity contribution is -0.120. The molecule has 0 aliphatic carbocycles. The zero-order chi connectivity index (χ0) is 18.6. The van der Waals surface area contributed by atoms with Gasteiger partial charge in [-0.15, -0.1) is 0 Å². The SMILES string of the molecule is CCCNC(=O)CCNC(=NC)NCCc1ccc(-n2cccn2)cc1. The number of aromatic nitrogens is 2. The number of aliphatic imine (C=N–C) groups is 1. The second kappa shape index (κ2) is 10.9. The number of benzene rings is 1. The molecule has 0 atom stereocenters. The van der Waals surface area contributed by atoms with E-state index in [1.807, 2.05) is 23.9 Å². The number of guanidine groups is 1. The summed E-state index contributed by atoms with van der Waals surface area (Å²) in [6.07, 6.45) is 5.97. The van der Waals surface area contributed by atoms with Crippen molar-refractivity contribution in [1.29, 1.82) is 0 Å². The first kappa shape index (κ1) is 19.5. The lowest BCUT2D eigenvalue weighted by atomic mass is 10.1. The lowest BCUT2D eigenvalue weighted by Gasteiger charge is -2.12. The molecule has 2 rings (SSSR count). The molecular weight excluding hydrogens is 328 g/mol. The van der Waals surface area contributed by atoms with Crippen LogP contribution in [0, 0.1) is 0 Å².